The van der Waals surface area contributed by atoms with Gasteiger partial charge in [0, 0.05) is 31.7 Å². The van der Waals surface area contributed by atoms with Gasteiger partial charge in [-0.1, -0.05) is 32.0 Å². The molecule has 0 saturated carbocycles. The molecule has 1 aliphatic rings. The summed E-state index contributed by atoms with van der Waals surface area (Å²) in [5, 5.41) is 2.97. The van der Waals surface area contributed by atoms with Gasteiger partial charge in [0.25, 0.3) is 0 Å². The summed E-state index contributed by atoms with van der Waals surface area (Å²) in [6, 6.07) is 6.54. The minimum Gasteiger partial charge on any atom is -0.369 e. The van der Waals surface area contributed by atoms with Gasteiger partial charge in [-0.3, -0.25) is 4.79 Å². The summed E-state index contributed by atoms with van der Waals surface area (Å²) in [5.74, 6) is 0.712. The summed E-state index contributed by atoms with van der Waals surface area (Å²) < 4.78 is 0. The number of nitrogens with zero attached hydrogens (tertiary/aromatic N) is 1. The second-order valence-electron chi connectivity index (χ2n) is 5.61. The maximum Gasteiger partial charge on any atom is 0.220 e. The van der Waals surface area contributed by atoms with Gasteiger partial charge in [0.2, 0.25) is 5.91 Å². The van der Waals surface area contributed by atoms with Crippen LogP contribution in [0.5, 0.6) is 0 Å². The Morgan fingerprint density at radius 2 is 2.05 bits per heavy atom. The van der Waals surface area contributed by atoms with Crippen LogP contribution in [0.2, 0.25) is 0 Å². The molecular weight excluding hydrogens is 236 g/mol. The first-order valence-corrected chi connectivity index (χ1v) is 7.20. The van der Waals surface area contributed by atoms with Crippen molar-refractivity contribution in [1.82, 2.24) is 5.32 Å². The smallest absolute Gasteiger partial charge is 0.220 e. The molecule has 1 heterocycles. The first kappa shape index (κ1) is 13.9. The van der Waals surface area contributed by atoms with Crippen molar-refractivity contribution in [2.45, 2.75) is 39.5 Å². The fourth-order valence-electron chi connectivity index (χ4n) is 2.76. The number of hydrogen-bond donors (Lipinski definition) is 1. The van der Waals surface area contributed by atoms with Gasteiger partial charge in [-0.05, 0) is 30.4 Å². The maximum absolute atomic E-state index is 11.4. The van der Waals surface area contributed by atoms with Crippen LogP contribution in [0, 0.1) is 6.92 Å². The minimum absolute atomic E-state index is 0.188. The van der Waals surface area contributed by atoms with Crippen molar-refractivity contribution in [3.05, 3.63) is 29.3 Å². The van der Waals surface area contributed by atoms with Crippen LogP contribution in [0.25, 0.3) is 0 Å². The molecule has 1 N–H and O–H groups in total. The summed E-state index contributed by atoms with van der Waals surface area (Å²) in [6.45, 7) is 9.27. The molecule has 0 spiro atoms. The molecule has 0 unspecified atom stereocenters. The van der Waals surface area contributed by atoms with Crippen molar-refractivity contribution in [2.75, 3.05) is 24.5 Å². The zero-order valence-electron chi connectivity index (χ0n) is 12.2. The third-order valence-corrected chi connectivity index (χ3v) is 3.74. The second kappa shape index (κ2) is 6.09. The number of rotatable bonds is 2. The maximum atomic E-state index is 11.4. The molecule has 0 bridgehead atoms. The van der Waals surface area contributed by atoms with Crippen LogP contribution >= 0.6 is 0 Å². The van der Waals surface area contributed by atoms with Gasteiger partial charge in [-0.25, -0.2) is 0 Å². The van der Waals surface area contributed by atoms with Crippen molar-refractivity contribution in [3.8, 4) is 0 Å². The number of anilines is 1. The molecule has 1 aliphatic heterocycles. The summed E-state index contributed by atoms with van der Waals surface area (Å²) in [6.07, 6.45) is 1.57. The zero-order valence-corrected chi connectivity index (χ0v) is 12.2. The number of nitrogens with one attached hydrogen (secondary N) is 1. The Balaban J connectivity index is 2.27. The first-order chi connectivity index (χ1) is 9.09. The Bertz CT molecular complexity index is 442. The molecule has 1 saturated heterocycles. The molecule has 19 heavy (non-hydrogen) atoms. The number of aryl methyl sites for hydroxylation is 1. The fraction of sp³-hybridized carbons (Fsp3) is 0.562. The van der Waals surface area contributed by atoms with E-state index in [4.69, 9.17) is 0 Å². The molecule has 104 valence electrons. The molecule has 1 fully saturated rings. The first-order valence-electron chi connectivity index (χ1n) is 7.20. The van der Waals surface area contributed by atoms with E-state index in [2.05, 4.69) is 49.2 Å². The average Bonchev–Trinajstić information content (AvgIpc) is 2.33. The third kappa shape index (κ3) is 3.28. The third-order valence-electron chi connectivity index (χ3n) is 3.74. The van der Waals surface area contributed by atoms with E-state index < -0.39 is 0 Å². The summed E-state index contributed by atoms with van der Waals surface area (Å²) in [4.78, 5) is 13.8. The van der Waals surface area contributed by atoms with Crippen LogP contribution < -0.4 is 10.2 Å². The lowest BCUT2D eigenvalue weighted by molar-refractivity contribution is -0.121. The van der Waals surface area contributed by atoms with Crippen molar-refractivity contribution in [2.24, 2.45) is 0 Å². The van der Waals surface area contributed by atoms with Gasteiger partial charge >= 0.3 is 0 Å². The molecule has 3 heteroatoms. The molecule has 0 atom stereocenters. The molecule has 0 aliphatic carbocycles. The van der Waals surface area contributed by atoms with E-state index in [1.807, 2.05) is 0 Å². The topological polar surface area (TPSA) is 32.3 Å². The number of para-hydroxylation sites is 1. The molecule has 1 aromatic rings. The van der Waals surface area contributed by atoms with Crippen LogP contribution in [0.4, 0.5) is 5.69 Å². The Morgan fingerprint density at radius 1 is 1.26 bits per heavy atom. The molecule has 1 amide bonds. The SMILES string of the molecule is Cc1cccc(C(C)C)c1N1CCCC(=O)NCC1. The predicted molar refractivity (Wildman–Crippen MR) is 79.7 cm³/mol. The number of benzene rings is 1. The van der Waals surface area contributed by atoms with Crippen LogP contribution in [-0.2, 0) is 4.79 Å². The molecule has 0 aromatic heterocycles. The highest BCUT2D eigenvalue weighted by molar-refractivity contribution is 5.76. The fourth-order valence-corrected chi connectivity index (χ4v) is 2.76. The Kier molecular flexibility index (Phi) is 4.46. The quantitative estimate of drug-likeness (QED) is 0.887. The highest BCUT2D eigenvalue weighted by Crippen LogP contribution is 2.31. The summed E-state index contributed by atoms with van der Waals surface area (Å²) in [5.41, 5.74) is 4.11. The largest absolute Gasteiger partial charge is 0.369 e. The number of carbonyl (C=O) groups is 1. The standard InChI is InChI=1S/C16H24N2O/c1-12(2)14-7-4-6-13(3)16(14)18-10-5-8-15(19)17-9-11-18/h4,6-7,12H,5,8-11H2,1-3H3,(H,17,19). The second-order valence-corrected chi connectivity index (χ2v) is 5.61. The van der Waals surface area contributed by atoms with Crippen molar-refractivity contribution in [1.29, 1.82) is 0 Å². The summed E-state index contributed by atoms with van der Waals surface area (Å²) in [7, 11) is 0. The predicted octanol–water partition coefficient (Wildman–Crippen LogP) is 2.83. The van der Waals surface area contributed by atoms with E-state index in [9.17, 15) is 4.79 Å². The molecule has 2 rings (SSSR count). The normalized spacial score (nSPS) is 17.1. The lowest BCUT2D eigenvalue weighted by Gasteiger charge is -2.31. The number of carbonyl (C=O) groups excluding carboxylic acids is 1. The van der Waals surface area contributed by atoms with Gasteiger partial charge in [-0.15, -0.1) is 0 Å². The van der Waals surface area contributed by atoms with Gasteiger partial charge < -0.3 is 10.2 Å². The van der Waals surface area contributed by atoms with E-state index in [1.54, 1.807) is 0 Å². The van der Waals surface area contributed by atoms with Gasteiger partial charge in [0.05, 0.1) is 0 Å². The molecule has 0 radical (unpaired) electrons. The van der Waals surface area contributed by atoms with E-state index in [0.717, 1.165) is 26.1 Å². The van der Waals surface area contributed by atoms with Crippen LogP contribution in [-0.4, -0.2) is 25.5 Å². The van der Waals surface area contributed by atoms with Crippen molar-refractivity contribution < 1.29 is 4.79 Å². The van der Waals surface area contributed by atoms with Crippen molar-refractivity contribution in [3.63, 3.8) is 0 Å². The van der Waals surface area contributed by atoms with Crippen molar-refractivity contribution >= 4 is 11.6 Å². The highest BCUT2D eigenvalue weighted by Gasteiger charge is 2.17. The van der Waals surface area contributed by atoms with Gasteiger partial charge in [0.15, 0.2) is 0 Å². The van der Waals surface area contributed by atoms with E-state index >= 15 is 0 Å². The lowest BCUT2D eigenvalue weighted by Crippen LogP contribution is -2.39. The van der Waals surface area contributed by atoms with Gasteiger partial charge in [0.1, 0.15) is 0 Å². The number of amides is 1. The summed E-state index contributed by atoms with van der Waals surface area (Å²) >= 11 is 0. The van der Waals surface area contributed by atoms with Gasteiger partial charge in [-0.2, -0.15) is 0 Å². The van der Waals surface area contributed by atoms with E-state index in [1.165, 1.54) is 16.8 Å². The molecule has 3 nitrogen and oxygen atoms in total. The Labute approximate surface area is 116 Å². The number of hydrogen-bond acceptors (Lipinski definition) is 2. The van der Waals surface area contributed by atoms with Crippen LogP contribution in [0.3, 0.4) is 0 Å². The van der Waals surface area contributed by atoms with Crippen LogP contribution in [0.1, 0.15) is 43.7 Å². The highest BCUT2D eigenvalue weighted by atomic mass is 16.1. The lowest BCUT2D eigenvalue weighted by atomic mass is 9.97. The molecular formula is C16H24N2O. The molecule has 1 aromatic carbocycles. The van der Waals surface area contributed by atoms with E-state index in [-0.39, 0.29) is 5.91 Å². The van der Waals surface area contributed by atoms with Crippen LogP contribution in [0.15, 0.2) is 18.2 Å². The Morgan fingerprint density at radius 3 is 2.79 bits per heavy atom. The Hall–Kier alpha value is -1.51. The minimum atomic E-state index is 0.188. The monoisotopic (exact) mass is 260 g/mol. The zero-order chi connectivity index (χ0) is 13.8. The van der Waals surface area contributed by atoms with E-state index in [0.29, 0.717) is 12.3 Å². The average molecular weight is 260 g/mol.